The first-order valence-electron chi connectivity index (χ1n) is 12.5. The monoisotopic (exact) mass is 400 g/mol. The van der Waals surface area contributed by atoms with Crippen LogP contribution >= 0.6 is 0 Å². The summed E-state index contributed by atoms with van der Waals surface area (Å²) >= 11 is 0. The van der Waals surface area contributed by atoms with E-state index in [0.717, 1.165) is 56.8 Å². The Morgan fingerprint density at radius 1 is 1.03 bits per heavy atom. The predicted molar refractivity (Wildman–Crippen MR) is 115 cm³/mol. The molecular weight excluding hydrogens is 360 g/mol. The summed E-state index contributed by atoms with van der Waals surface area (Å²) in [4.78, 5) is 24.4. The van der Waals surface area contributed by atoms with E-state index in [0.29, 0.717) is 24.0 Å². The van der Waals surface area contributed by atoms with Crippen LogP contribution < -0.4 is 0 Å². The Hall–Kier alpha value is -1.12. The third-order valence-corrected chi connectivity index (χ3v) is 9.10. The van der Waals surface area contributed by atoms with Gasteiger partial charge in [0.05, 0.1) is 0 Å². The van der Waals surface area contributed by atoms with Gasteiger partial charge in [0.25, 0.3) is 0 Å². The van der Waals surface area contributed by atoms with Gasteiger partial charge in [-0.05, 0) is 87.5 Å². The number of hydrogen-bond acceptors (Lipinski definition) is 3. The lowest BCUT2D eigenvalue weighted by Crippen LogP contribution is -2.49. The van der Waals surface area contributed by atoms with Crippen molar-refractivity contribution < 1.29 is 14.3 Å². The molecule has 0 aliphatic heterocycles. The molecule has 0 bridgehead atoms. The zero-order chi connectivity index (χ0) is 20.4. The molecule has 0 radical (unpaired) electrons. The summed E-state index contributed by atoms with van der Waals surface area (Å²) in [6.07, 6.45) is 17.3. The minimum Gasteiger partial charge on any atom is -0.462 e. The zero-order valence-corrected chi connectivity index (χ0v) is 18.6. The van der Waals surface area contributed by atoms with Gasteiger partial charge in [-0.3, -0.25) is 9.59 Å². The van der Waals surface area contributed by atoms with E-state index in [2.05, 4.69) is 13.8 Å². The molecule has 0 spiro atoms. The topological polar surface area (TPSA) is 43.4 Å². The number of unbranched alkanes of at least 4 members (excludes halogenated alkanes) is 3. The van der Waals surface area contributed by atoms with Crippen molar-refractivity contribution in [3.05, 3.63) is 11.6 Å². The van der Waals surface area contributed by atoms with Crippen LogP contribution in [0.5, 0.6) is 0 Å². The SMILES string of the molecule is CCCCCCC(=O)O[C@H]1CC[C@H]2[C@@H]3CCC4=CC(=O)CC[C@@H]4[C@H]3CC[C@]12CC. The highest BCUT2D eigenvalue weighted by Crippen LogP contribution is 2.63. The highest BCUT2D eigenvalue weighted by Gasteiger charge is 2.58. The smallest absolute Gasteiger partial charge is 0.306 e. The normalized spacial score (nSPS) is 38.6. The molecule has 3 saturated carbocycles. The number of esters is 1. The van der Waals surface area contributed by atoms with Gasteiger partial charge in [-0.2, -0.15) is 0 Å². The molecular formula is C26H40O3. The molecule has 4 rings (SSSR count). The van der Waals surface area contributed by atoms with E-state index < -0.39 is 0 Å². The lowest BCUT2D eigenvalue weighted by atomic mass is 9.51. The number of ketones is 1. The molecule has 3 fully saturated rings. The van der Waals surface area contributed by atoms with E-state index in [9.17, 15) is 9.59 Å². The van der Waals surface area contributed by atoms with Gasteiger partial charge in [-0.1, -0.05) is 38.7 Å². The molecule has 0 heterocycles. The van der Waals surface area contributed by atoms with Crippen LogP contribution in [0, 0.1) is 29.1 Å². The summed E-state index contributed by atoms with van der Waals surface area (Å²) in [6.45, 7) is 4.53. The predicted octanol–water partition coefficient (Wildman–Crippen LogP) is 6.40. The zero-order valence-electron chi connectivity index (χ0n) is 18.6. The maximum Gasteiger partial charge on any atom is 0.306 e. The van der Waals surface area contributed by atoms with E-state index in [1.807, 2.05) is 6.08 Å². The maximum atomic E-state index is 12.5. The molecule has 0 aromatic carbocycles. The van der Waals surface area contributed by atoms with E-state index in [4.69, 9.17) is 4.74 Å². The molecule has 0 unspecified atom stereocenters. The summed E-state index contributed by atoms with van der Waals surface area (Å²) in [7, 11) is 0. The van der Waals surface area contributed by atoms with Crippen molar-refractivity contribution in [2.24, 2.45) is 29.1 Å². The largest absolute Gasteiger partial charge is 0.462 e. The van der Waals surface area contributed by atoms with Gasteiger partial charge in [-0.15, -0.1) is 0 Å². The number of carbonyl (C=O) groups excluding carboxylic acids is 2. The van der Waals surface area contributed by atoms with Crippen molar-refractivity contribution in [2.75, 3.05) is 0 Å². The Bertz CT molecular complexity index is 650. The quantitative estimate of drug-likeness (QED) is 0.367. The van der Waals surface area contributed by atoms with Gasteiger partial charge < -0.3 is 4.74 Å². The average molecular weight is 401 g/mol. The Kier molecular flexibility index (Phi) is 6.51. The van der Waals surface area contributed by atoms with E-state index in [-0.39, 0.29) is 17.5 Å². The summed E-state index contributed by atoms with van der Waals surface area (Å²) < 4.78 is 6.16. The highest BCUT2D eigenvalue weighted by atomic mass is 16.5. The van der Waals surface area contributed by atoms with Gasteiger partial charge >= 0.3 is 5.97 Å². The first kappa shape index (κ1) is 21.1. The van der Waals surface area contributed by atoms with Crippen molar-refractivity contribution in [3.8, 4) is 0 Å². The van der Waals surface area contributed by atoms with Crippen molar-refractivity contribution in [1.82, 2.24) is 0 Å². The molecule has 0 aromatic rings. The standard InChI is InChI=1S/C26H40O3/c1-3-5-6-7-8-25(28)29-24-14-13-23-22-11-9-18-17-19(27)10-12-20(18)21(22)15-16-26(23,24)4-2/h17,20-24H,3-16H2,1-2H3/t20-,21+,22+,23-,24-,26-/m0/s1. The van der Waals surface area contributed by atoms with Crippen LogP contribution in [0.25, 0.3) is 0 Å². The van der Waals surface area contributed by atoms with Gasteiger partial charge in [-0.25, -0.2) is 0 Å². The van der Waals surface area contributed by atoms with E-state index >= 15 is 0 Å². The average Bonchev–Trinajstić information content (AvgIpc) is 3.09. The number of fused-ring (bicyclic) bond motifs is 5. The van der Waals surface area contributed by atoms with Crippen LogP contribution in [0.4, 0.5) is 0 Å². The van der Waals surface area contributed by atoms with Crippen LogP contribution in [-0.4, -0.2) is 17.9 Å². The van der Waals surface area contributed by atoms with Crippen molar-refractivity contribution >= 4 is 11.8 Å². The minimum atomic E-state index is 0.0429. The van der Waals surface area contributed by atoms with E-state index in [1.54, 1.807) is 0 Å². The molecule has 29 heavy (non-hydrogen) atoms. The van der Waals surface area contributed by atoms with Crippen LogP contribution in [-0.2, 0) is 14.3 Å². The van der Waals surface area contributed by atoms with Gasteiger partial charge in [0.15, 0.2) is 5.78 Å². The first-order valence-corrected chi connectivity index (χ1v) is 12.5. The third-order valence-electron chi connectivity index (χ3n) is 9.10. The Balaban J connectivity index is 1.43. The summed E-state index contributed by atoms with van der Waals surface area (Å²) in [5, 5.41) is 0. The molecule has 3 nitrogen and oxygen atoms in total. The molecule has 0 saturated heterocycles. The molecule has 4 aliphatic rings. The Morgan fingerprint density at radius 2 is 1.90 bits per heavy atom. The van der Waals surface area contributed by atoms with Gasteiger partial charge in [0.2, 0.25) is 0 Å². The fraction of sp³-hybridized carbons (Fsp3) is 0.846. The molecule has 0 amide bonds. The second kappa shape index (κ2) is 8.94. The lowest BCUT2D eigenvalue weighted by molar-refractivity contribution is -0.160. The fourth-order valence-corrected chi connectivity index (χ4v) is 7.70. The number of hydrogen-bond donors (Lipinski definition) is 0. The summed E-state index contributed by atoms with van der Waals surface area (Å²) in [5.74, 6) is 3.29. The van der Waals surface area contributed by atoms with E-state index in [1.165, 1.54) is 44.1 Å². The van der Waals surface area contributed by atoms with Crippen molar-refractivity contribution in [1.29, 1.82) is 0 Å². The number of ether oxygens (including phenoxy) is 1. The Morgan fingerprint density at radius 3 is 2.69 bits per heavy atom. The number of rotatable bonds is 7. The fourth-order valence-electron chi connectivity index (χ4n) is 7.70. The first-order chi connectivity index (χ1) is 14.1. The lowest BCUT2D eigenvalue weighted by Gasteiger charge is -2.54. The Labute approximate surface area is 177 Å². The summed E-state index contributed by atoms with van der Waals surface area (Å²) in [5.41, 5.74) is 1.67. The molecule has 0 N–H and O–H groups in total. The number of allylic oxidation sites excluding steroid dienone is 1. The molecule has 0 aromatic heterocycles. The molecule has 6 atom stereocenters. The van der Waals surface area contributed by atoms with Crippen LogP contribution in [0.2, 0.25) is 0 Å². The maximum absolute atomic E-state index is 12.5. The summed E-state index contributed by atoms with van der Waals surface area (Å²) in [6, 6.07) is 0. The second-order valence-corrected chi connectivity index (χ2v) is 10.3. The van der Waals surface area contributed by atoms with Crippen molar-refractivity contribution in [2.45, 2.75) is 110 Å². The molecule has 162 valence electrons. The molecule has 4 aliphatic carbocycles. The van der Waals surface area contributed by atoms with Crippen LogP contribution in [0.3, 0.4) is 0 Å². The van der Waals surface area contributed by atoms with Crippen molar-refractivity contribution in [3.63, 3.8) is 0 Å². The minimum absolute atomic E-state index is 0.0429. The van der Waals surface area contributed by atoms with Crippen LogP contribution in [0.1, 0.15) is 104 Å². The number of carbonyl (C=O) groups is 2. The highest BCUT2D eigenvalue weighted by molar-refractivity contribution is 5.91. The molecule has 3 heteroatoms. The van der Waals surface area contributed by atoms with Gasteiger partial charge in [0.1, 0.15) is 6.10 Å². The second-order valence-electron chi connectivity index (χ2n) is 10.3. The third kappa shape index (κ3) is 3.95. The van der Waals surface area contributed by atoms with Gasteiger partial charge in [0, 0.05) is 18.3 Å². The van der Waals surface area contributed by atoms with Crippen LogP contribution in [0.15, 0.2) is 11.6 Å².